The monoisotopic (exact) mass is 431 g/mol. The number of halogens is 1. The number of benzene rings is 1. The quantitative estimate of drug-likeness (QED) is 0.666. The third kappa shape index (κ3) is 3.93. The van der Waals surface area contributed by atoms with Crippen LogP contribution in [0.1, 0.15) is 29.2 Å². The third-order valence-corrected chi connectivity index (χ3v) is 4.89. The van der Waals surface area contributed by atoms with Gasteiger partial charge < -0.3 is 14.6 Å². The average Bonchev–Trinajstić information content (AvgIpc) is 3.41. The van der Waals surface area contributed by atoms with Crippen molar-refractivity contribution >= 4 is 21.8 Å². The summed E-state index contributed by atoms with van der Waals surface area (Å²) in [6, 6.07) is 7.77. The second-order valence-electron chi connectivity index (χ2n) is 6.32. The molecule has 1 aromatic carbocycles. The van der Waals surface area contributed by atoms with Crippen LogP contribution in [0, 0.1) is 6.92 Å². The molecule has 9 heteroatoms. The fourth-order valence-electron chi connectivity index (χ4n) is 2.92. The minimum Gasteiger partial charge on any atom is -0.376 e. The van der Waals surface area contributed by atoms with Crippen LogP contribution in [0.4, 0.5) is 0 Å². The molecule has 1 amide bonds. The predicted molar refractivity (Wildman–Crippen MR) is 101 cm³/mol. The molecule has 0 aliphatic carbocycles. The molecule has 0 unspecified atom stereocenters. The fraction of sp³-hybridized carbons (Fsp3) is 0.333. The van der Waals surface area contributed by atoms with Gasteiger partial charge in [-0.15, -0.1) is 0 Å². The van der Waals surface area contributed by atoms with Crippen LogP contribution in [-0.4, -0.2) is 45.1 Å². The van der Waals surface area contributed by atoms with Crippen LogP contribution in [-0.2, 0) is 4.74 Å². The molecule has 1 aliphatic heterocycles. The van der Waals surface area contributed by atoms with Gasteiger partial charge in [0.15, 0.2) is 0 Å². The zero-order chi connectivity index (χ0) is 18.8. The van der Waals surface area contributed by atoms with Crippen molar-refractivity contribution in [2.45, 2.75) is 25.9 Å². The summed E-state index contributed by atoms with van der Waals surface area (Å²) in [6.45, 7) is 3.04. The Morgan fingerprint density at radius 3 is 2.93 bits per heavy atom. The van der Waals surface area contributed by atoms with Gasteiger partial charge in [-0.05, 0) is 44.0 Å². The molecule has 0 spiro atoms. The van der Waals surface area contributed by atoms with Crippen molar-refractivity contribution in [2.75, 3.05) is 13.2 Å². The summed E-state index contributed by atoms with van der Waals surface area (Å²) < 4.78 is 13.3. The maximum atomic E-state index is 12.2. The van der Waals surface area contributed by atoms with Crippen LogP contribution >= 0.6 is 15.9 Å². The van der Waals surface area contributed by atoms with Crippen molar-refractivity contribution in [3.05, 3.63) is 46.5 Å². The van der Waals surface area contributed by atoms with Crippen molar-refractivity contribution in [1.82, 2.24) is 25.2 Å². The number of carbonyl (C=O) groups excluding carboxylic acids is 1. The lowest BCUT2D eigenvalue weighted by Crippen LogP contribution is -2.31. The standard InChI is InChI=1S/C18H18BrN5O3/c1-11-15(10-24(22-11)13-6-4-12(19)5-7-13)16-21-18(27-23-16)17(25)20-9-14-3-2-8-26-14/h4-7,10,14H,2-3,8-9H2,1H3,(H,20,25)/t14-/m0/s1. The van der Waals surface area contributed by atoms with Gasteiger partial charge in [-0.3, -0.25) is 4.79 Å². The van der Waals surface area contributed by atoms with Gasteiger partial charge in [0.2, 0.25) is 5.82 Å². The summed E-state index contributed by atoms with van der Waals surface area (Å²) in [5.41, 5.74) is 2.36. The van der Waals surface area contributed by atoms with Crippen LogP contribution < -0.4 is 5.32 Å². The molecule has 1 N–H and O–H groups in total. The number of amides is 1. The number of nitrogens with zero attached hydrogens (tertiary/aromatic N) is 4. The minimum absolute atomic E-state index is 0.0581. The number of aryl methyl sites for hydroxylation is 1. The van der Waals surface area contributed by atoms with E-state index in [0.717, 1.165) is 35.3 Å². The highest BCUT2D eigenvalue weighted by Crippen LogP contribution is 2.22. The third-order valence-electron chi connectivity index (χ3n) is 4.37. The van der Waals surface area contributed by atoms with E-state index in [1.54, 1.807) is 4.68 Å². The number of ether oxygens (including phenoxy) is 1. The summed E-state index contributed by atoms with van der Waals surface area (Å²) in [4.78, 5) is 16.4. The maximum Gasteiger partial charge on any atom is 0.316 e. The SMILES string of the molecule is Cc1nn(-c2ccc(Br)cc2)cc1-c1noc(C(=O)NC[C@@H]2CCCO2)n1. The zero-order valence-electron chi connectivity index (χ0n) is 14.7. The molecule has 140 valence electrons. The lowest BCUT2D eigenvalue weighted by atomic mass is 10.2. The lowest BCUT2D eigenvalue weighted by molar-refractivity contribution is 0.0822. The van der Waals surface area contributed by atoms with Gasteiger partial charge in [-0.25, -0.2) is 4.68 Å². The number of hydrogen-bond donors (Lipinski definition) is 1. The summed E-state index contributed by atoms with van der Waals surface area (Å²) in [7, 11) is 0. The molecule has 0 bridgehead atoms. The van der Waals surface area contributed by atoms with E-state index in [2.05, 4.69) is 36.5 Å². The van der Waals surface area contributed by atoms with Gasteiger partial charge in [0.25, 0.3) is 0 Å². The van der Waals surface area contributed by atoms with Crippen LogP contribution in [0.5, 0.6) is 0 Å². The first kappa shape index (κ1) is 17.9. The van der Waals surface area contributed by atoms with E-state index in [1.807, 2.05) is 37.4 Å². The first-order chi connectivity index (χ1) is 13.1. The largest absolute Gasteiger partial charge is 0.376 e. The molecule has 0 saturated carbocycles. The highest BCUT2D eigenvalue weighted by Gasteiger charge is 2.21. The fourth-order valence-corrected chi connectivity index (χ4v) is 3.18. The second-order valence-corrected chi connectivity index (χ2v) is 7.23. The number of aromatic nitrogens is 4. The molecule has 0 radical (unpaired) electrons. The summed E-state index contributed by atoms with van der Waals surface area (Å²) in [6.07, 6.45) is 3.84. The number of hydrogen-bond acceptors (Lipinski definition) is 6. The predicted octanol–water partition coefficient (Wildman–Crippen LogP) is 2.90. The van der Waals surface area contributed by atoms with E-state index in [1.165, 1.54) is 0 Å². The van der Waals surface area contributed by atoms with Gasteiger partial charge in [-0.2, -0.15) is 10.1 Å². The Balaban J connectivity index is 1.49. The van der Waals surface area contributed by atoms with Crippen molar-refractivity contribution in [3.8, 4) is 17.1 Å². The molecular formula is C18H18BrN5O3. The Labute approximate surface area is 164 Å². The van der Waals surface area contributed by atoms with Crippen molar-refractivity contribution in [3.63, 3.8) is 0 Å². The minimum atomic E-state index is -0.401. The number of carbonyl (C=O) groups is 1. The van der Waals surface area contributed by atoms with E-state index in [9.17, 15) is 4.79 Å². The Bertz CT molecular complexity index is 944. The van der Waals surface area contributed by atoms with Gasteiger partial charge in [0, 0.05) is 23.8 Å². The lowest BCUT2D eigenvalue weighted by Gasteiger charge is -2.08. The van der Waals surface area contributed by atoms with E-state index >= 15 is 0 Å². The highest BCUT2D eigenvalue weighted by molar-refractivity contribution is 9.10. The van der Waals surface area contributed by atoms with Crippen molar-refractivity contribution < 1.29 is 14.1 Å². The molecule has 4 rings (SSSR count). The Hall–Kier alpha value is -2.52. The smallest absolute Gasteiger partial charge is 0.316 e. The molecular weight excluding hydrogens is 414 g/mol. The molecule has 1 aliphatic rings. The van der Waals surface area contributed by atoms with Gasteiger partial charge in [-0.1, -0.05) is 21.1 Å². The molecule has 1 atom stereocenters. The molecule has 27 heavy (non-hydrogen) atoms. The van der Waals surface area contributed by atoms with E-state index < -0.39 is 5.91 Å². The van der Waals surface area contributed by atoms with Gasteiger partial charge >= 0.3 is 11.8 Å². The maximum absolute atomic E-state index is 12.2. The van der Waals surface area contributed by atoms with Crippen LogP contribution in [0.15, 0.2) is 39.5 Å². The van der Waals surface area contributed by atoms with Gasteiger partial charge in [0.05, 0.1) is 23.0 Å². The normalized spacial score (nSPS) is 16.6. The Morgan fingerprint density at radius 2 is 2.19 bits per heavy atom. The highest BCUT2D eigenvalue weighted by atomic mass is 79.9. The average molecular weight is 432 g/mol. The second kappa shape index (κ2) is 7.61. The number of rotatable bonds is 5. The van der Waals surface area contributed by atoms with E-state index in [-0.39, 0.29) is 12.0 Å². The number of nitrogens with one attached hydrogen (secondary N) is 1. The van der Waals surface area contributed by atoms with Crippen LogP contribution in [0.3, 0.4) is 0 Å². The van der Waals surface area contributed by atoms with E-state index in [0.29, 0.717) is 17.9 Å². The Kier molecular flexibility index (Phi) is 5.04. The molecule has 3 aromatic rings. The molecule has 3 heterocycles. The molecule has 2 aromatic heterocycles. The summed E-state index contributed by atoms with van der Waals surface area (Å²) >= 11 is 3.42. The van der Waals surface area contributed by atoms with Crippen molar-refractivity contribution in [2.24, 2.45) is 0 Å². The molecule has 8 nitrogen and oxygen atoms in total. The van der Waals surface area contributed by atoms with Crippen molar-refractivity contribution in [1.29, 1.82) is 0 Å². The molecule has 1 fully saturated rings. The first-order valence-electron chi connectivity index (χ1n) is 8.66. The summed E-state index contributed by atoms with van der Waals surface area (Å²) in [5, 5.41) is 11.2. The zero-order valence-corrected chi connectivity index (χ0v) is 16.3. The Morgan fingerprint density at radius 1 is 1.37 bits per heavy atom. The first-order valence-corrected chi connectivity index (χ1v) is 9.45. The van der Waals surface area contributed by atoms with Crippen LogP contribution in [0.25, 0.3) is 17.1 Å². The van der Waals surface area contributed by atoms with Gasteiger partial charge in [0.1, 0.15) is 0 Å². The summed E-state index contributed by atoms with van der Waals surface area (Å²) in [5.74, 6) is -0.140. The topological polar surface area (TPSA) is 95.1 Å². The molecule has 1 saturated heterocycles. The van der Waals surface area contributed by atoms with Crippen LogP contribution in [0.2, 0.25) is 0 Å². The van der Waals surface area contributed by atoms with E-state index in [4.69, 9.17) is 9.26 Å².